The maximum Gasteiger partial charge on any atom is 0.150 e. The lowest BCUT2D eigenvalue weighted by atomic mass is 10.2. The predicted octanol–water partition coefficient (Wildman–Crippen LogP) is 3.55. The summed E-state index contributed by atoms with van der Waals surface area (Å²) in [4.78, 5) is 10.7. The van der Waals surface area contributed by atoms with Crippen LogP contribution < -0.4 is 0 Å². The van der Waals surface area contributed by atoms with Gasteiger partial charge in [0, 0.05) is 22.2 Å². The Morgan fingerprint density at radius 1 is 1.21 bits per heavy atom. The minimum atomic E-state index is 0.616. The van der Waals surface area contributed by atoms with Crippen LogP contribution >= 0.6 is 11.6 Å². The first kappa shape index (κ1) is 11.9. The Balaban J connectivity index is 1.98. The van der Waals surface area contributed by atoms with Crippen molar-refractivity contribution in [2.45, 2.75) is 6.54 Å². The van der Waals surface area contributed by atoms with E-state index in [0.29, 0.717) is 12.1 Å². The Kier molecular flexibility index (Phi) is 3.05. The molecule has 3 rings (SSSR count). The molecule has 0 aliphatic rings. The van der Waals surface area contributed by atoms with E-state index in [0.717, 1.165) is 27.8 Å². The van der Waals surface area contributed by atoms with Crippen molar-refractivity contribution < 1.29 is 4.79 Å². The Morgan fingerprint density at radius 3 is 2.84 bits per heavy atom. The van der Waals surface area contributed by atoms with Gasteiger partial charge in [-0.1, -0.05) is 29.8 Å². The number of rotatable bonds is 3. The molecule has 0 aliphatic heterocycles. The number of hydrogen-bond donors (Lipinski definition) is 0. The van der Waals surface area contributed by atoms with Gasteiger partial charge in [0.25, 0.3) is 0 Å². The summed E-state index contributed by atoms with van der Waals surface area (Å²) >= 11 is 6.13. The van der Waals surface area contributed by atoms with Gasteiger partial charge in [-0.05, 0) is 29.8 Å². The minimum Gasteiger partial charge on any atom is -0.298 e. The summed E-state index contributed by atoms with van der Waals surface area (Å²) in [5, 5.41) is 6.15. The van der Waals surface area contributed by atoms with Crippen LogP contribution in [0.15, 0.2) is 48.7 Å². The molecule has 1 aromatic heterocycles. The first-order valence-electron chi connectivity index (χ1n) is 5.92. The highest BCUT2D eigenvalue weighted by Gasteiger charge is 2.04. The maximum atomic E-state index is 10.7. The maximum absolute atomic E-state index is 10.7. The van der Waals surface area contributed by atoms with E-state index in [1.54, 1.807) is 6.07 Å². The molecule has 0 bridgehead atoms. The number of carbonyl (C=O) groups is 1. The summed E-state index contributed by atoms with van der Waals surface area (Å²) in [5.74, 6) is 0. The summed E-state index contributed by atoms with van der Waals surface area (Å²) in [5.41, 5.74) is 2.55. The molecular weight excluding hydrogens is 260 g/mol. The lowest BCUT2D eigenvalue weighted by Crippen LogP contribution is -2.00. The summed E-state index contributed by atoms with van der Waals surface area (Å²) in [6, 6.07) is 13.1. The number of carbonyl (C=O) groups excluding carboxylic acids is 1. The molecule has 0 atom stereocenters. The third-order valence-electron chi connectivity index (χ3n) is 3.00. The largest absolute Gasteiger partial charge is 0.298 e. The first-order valence-corrected chi connectivity index (χ1v) is 6.30. The second-order valence-corrected chi connectivity index (χ2v) is 4.76. The molecule has 3 nitrogen and oxygen atoms in total. The summed E-state index contributed by atoms with van der Waals surface area (Å²) in [7, 11) is 0. The van der Waals surface area contributed by atoms with E-state index in [2.05, 4.69) is 5.10 Å². The normalized spacial score (nSPS) is 10.8. The molecule has 2 aromatic carbocycles. The average Bonchev–Trinajstić information content (AvgIpc) is 2.82. The Bertz CT molecular complexity index is 749. The number of nitrogens with zero attached hydrogens (tertiary/aromatic N) is 2. The highest BCUT2D eigenvalue weighted by molar-refractivity contribution is 6.31. The topological polar surface area (TPSA) is 34.9 Å². The Hall–Kier alpha value is -2.13. The van der Waals surface area contributed by atoms with Crippen molar-refractivity contribution in [2.24, 2.45) is 0 Å². The number of aldehydes is 1. The smallest absolute Gasteiger partial charge is 0.150 e. The van der Waals surface area contributed by atoms with E-state index in [1.807, 2.05) is 47.3 Å². The van der Waals surface area contributed by atoms with Crippen molar-refractivity contribution >= 4 is 28.8 Å². The fraction of sp³-hybridized carbons (Fsp3) is 0.0667. The van der Waals surface area contributed by atoms with E-state index in [9.17, 15) is 4.79 Å². The first-order chi connectivity index (χ1) is 9.26. The molecule has 0 spiro atoms. The van der Waals surface area contributed by atoms with Gasteiger partial charge in [0.2, 0.25) is 0 Å². The van der Waals surface area contributed by atoms with Crippen LogP contribution in [0.1, 0.15) is 15.9 Å². The van der Waals surface area contributed by atoms with Gasteiger partial charge in [-0.3, -0.25) is 9.48 Å². The van der Waals surface area contributed by atoms with Crippen molar-refractivity contribution in [1.29, 1.82) is 0 Å². The van der Waals surface area contributed by atoms with E-state index in [4.69, 9.17) is 11.6 Å². The second-order valence-electron chi connectivity index (χ2n) is 4.35. The molecule has 19 heavy (non-hydrogen) atoms. The van der Waals surface area contributed by atoms with Gasteiger partial charge in [-0.2, -0.15) is 5.10 Å². The van der Waals surface area contributed by atoms with Crippen LogP contribution in [-0.4, -0.2) is 16.1 Å². The van der Waals surface area contributed by atoms with Crippen LogP contribution in [0.4, 0.5) is 0 Å². The summed E-state index contributed by atoms with van der Waals surface area (Å²) in [6.45, 7) is 0.616. The number of benzene rings is 2. The molecule has 0 fully saturated rings. The van der Waals surface area contributed by atoms with Crippen molar-refractivity contribution in [3.63, 3.8) is 0 Å². The monoisotopic (exact) mass is 270 g/mol. The molecule has 94 valence electrons. The molecule has 0 amide bonds. The van der Waals surface area contributed by atoms with Crippen LogP contribution in [0, 0.1) is 0 Å². The van der Waals surface area contributed by atoms with Crippen molar-refractivity contribution in [3.8, 4) is 0 Å². The fourth-order valence-corrected chi connectivity index (χ4v) is 2.25. The zero-order chi connectivity index (χ0) is 13.2. The predicted molar refractivity (Wildman–Crippen MR) is 75.7 cm³/mol. The zero-order valence-electron chi connectivity index (χ0n) is 10.1. The van der Waals surface area contributed by atoms with Gasteiger partial charge < -0.3 is 0 Å². The molecule has 0 unspecified atom stereocenters. The number of hydrogen-bond acceptors (Lipinski definition) is 2. The quantitative estimate of drug-likeness (QED) is 0.682. The SMILES string of the molecule is O=Cc1ccc2nn(Cc3ccccc3Cl)cc2c1. The van der Waals surface area contributed by atoms with Crippen LogP contribution in [0.2, 0.25) is 5.02 Å². The summed E-state index contributed by atoms with van der Waals surface area (Å²) < 4.78 is 1.83. The molecule has 0 N–H and O–H groups in total. The second kappa shape index (κ2) is 4.86. The minimum absolute atomic E-state index is 0.616. The summed E-state index contributed by atoms with van der Waals surface area (Å²) in [6.07, 6.45) is 2.76. The third-order valence-corrected chi connectivity index (χ3v) is 3.37. The van der Waals surface area contributed by atoms with E-state index >= 15 is 0 Å². The van der Waals surface area contributed by atoms with Gasteiger partial charge in [-0.15, -0.1) is 0 Å². The highest BCUT2D eigenvalue weighted by Crippen LogP contribution is 2.18. The van der Waals surface area contributed by atoms with Crippen molar-refractivity contribution in [2.75, 3.05) is 0 Å². The molecule has 0 aliphatic carbocycles. The Morgan fingerprint density at radius 2 is 2.05 bits per heavy atom. The molecule has 3 aromatic rings. The van der Waals surface area contributed by atoms with E-state index < -0.39 is 0 Å². The lowest BCUT2D eigenvalue weighted by Gasteiger charge is -2.03. The van der Waals surface area contributed by atoms with Crippen LogP contribution in [0.5, 0.6) is 0 Å². The number of aromatic nitrogens is 2. The van der Waals surface area contributed by atoms with Gasteiger partial charge >= 0.3 is 0 Å². The average molecular weight is 271 g/mol. The molecular formula is C15H11ClN2O. The molecule has 0 saturated carbocycles. The van der Waals surface area contributed by atoms with Gasteiger partial charge in [-0.25, -0.2) is 0 Å². The fourth-order valence-electron chi connectivity index (χ4n) is 2.05. The van der Waals surface area contributed by atoms with E-state index in [-0.39, 0.29) is 0 Å². The van der Waals surface area contributed by atoms with Crippen molar-refractivity contribution in [3.05, 3.63) is 64.8 Å². The van der Waals surface area contributed by atoms with Gasteiger partial charge in [0.1, 0.15) is 6.29 Å². The lowest BCUT2D eigenvalue weighted by molar-refractivity contribution is 0.112. The molecule has 1 heterocycles. The Labute approximate surface area is 115 Å². The van der Waals surface area contributed by atoms with Crippen LogP contribution in [0.25, 0.3) is 10.9 Å². The van der Waals surface area contributed by atoms with E-state index in [1.165, 1.54) is 0 Å². The number of fused-ring (bicyclic) bond motifs is 1. The van der Waals surface area contributed by atoms with Crippen LogP contribution in [0.3, 0.4) is 0 Å². The van der Waals surface area contributed by atoms with Gasteiger partial charge in [0.15, 0.2) is 0 Å². The van der Waals surface area contributed by atoms with Crippen molar-refractivity contribution in [1.82, 2.24) is 9.78 Å². The third kappa shape index (κ3) is 2.37. The molecule has 0 saturated heterocycles. The van der Waals surface area contributed by atoms with Crippen LogP contribution in [-0.2, 0) is 6.54 Å². The standard InChI is InChI=1S/C15H11ClN2O/c16-14-4-2-1-3-12(14)8-18-9-13-7-11(10-19)5-6-15(13)17-18/h1-7,9-10H,8H2. The zero-order valence-corrected chi connectivity index (χ0v) is 10.8. The van der Waals surface area contributed by atoms with Gasteiger partial charge in [0.05, 0.1) is 12.1 Å². The number of halogens is 1. The molecule has 0 radical (unpaired) electrons. The molecule has 4 heteroatoms. The highest BCUT2D eigenvalue weighted by atomic mass is 35.5.